The number of anilines is 1. The van der Waals surface area contributed by atoms with E-state index in [1.54, 1.807) is 4.90 Å². The second-order valence-corrected chi connectivity index (χ2v) is 6.92. The molecule has 0 radical (unpaired) electrons. The van der Waals surface area contributed by atoms with Crippen LogP contribution >= 0.6 is 0 Å². The van der Waals surface area contributed by atoms with Gasteiger partial charge < -0.3 is 14.0 Å². The molecule has 1 aromatic carbocycles. The zero-order chi connectivity index (χ0) is 16.8. The minimum absolute atomic E-state index is 0.389. The Kier molecular flexibility index (Phi) is 3.77. The Bertz CT molecular complexity index is 652. The second kappa shape index (κ2) is 5.39. The minimum atomic E-state index is -0.472. The molecule has 0 bridgehead atoms. The Labute approximate surface area is 137 Å². The Morgan fingerprint density at radius 3 is 2.39 bits per heavy atom. The third-order valence-electron chi connectivity index (χ3n) is 4.86. The van der Waals surface area contributed by atoms with Gasteiger partial charge in [-0.15, -0.1) is 0 Å². The van der Waals surface area contributed by atoms with E-state index in [1.165, 1.54) is 7.11 Å². The molecule has 2 aliphatic rings. The van der Waals surface area contributed by atoms with E-state index in [9.17, 15) is 4.79 Å². The van der Waals surface area contributed by atoms with Gasteiger partial charge in [-0.05, 0) is 44.8 Å². The maximum Gasteiger partial charge on any atom is 0.492 e. The zero-order valence-corrected chi connectivity index (χ0v) is 14.3. The first-order valence-electron chi connectivity index (χ1n) is 7.76. The molecule has 0 aromatic heterocycles. The molecule has 2 aliphatic heterocycles. The maximum atomic E-state index is 12.1. The van der Waals surface area contributed by atoms with Crippen LogP contribution < -0.4 is 4.90 Å². The van der Waals surface area contributed by atoms with Gasteiger partial charge in [0.2, 0.25) is 0 Å². The summed E-state index contributed by atoms with van der Waals surface area (Å²) in [4.78, 5) is 13.7. The fourth-order valence-corrected chi connectivity index (χ4v) is 2.78. The third-order valence-corrected chi connectivity index (χ3v) is 4.86. The van der Waals surface area contributed by atoms with Gasteiger partial charge in [0.1, 0.15) is 0 Å². The van der Waals surface area contributed by atoms with Crippen LogP contribution in [0.3, 0.4) is 0 Å². The largest absolute Gasteiger partial charge is 0.492 e. The number of para-hydroxylation sites is 1. The Hall–Kier alpha value is -1.79. The van der Waals surface area contributed by atoms with E-state index in [-0.39, 0.29) is 6.09 Å². The van der Waals surface area contributed by atoms with Crippen LogP contribution in [0.2, 0.25) is 0 Å². The molecule has 1 fully saturated rings. The van der Waals surface area contributed by atoms with Crippen molar-refractivity contribution in [1.82, 2.24) is 0 Å². The summed E-state index contributed by atoms with van der Waals surface area (Å²) in [5.74, 6) is 0. The van der Waals surface area contributed by atoms with Crippen molar-refractivity contribution < 1.29 is 18.8 Å². The summed E-state index contributed by atoms with van der Waals surface area (Å²) in [7, 11) is 0.915. The van der Waals surface area contributed by atoms with Crippen LogP contribution in [0, 0.1) is 0 Å². The topological polar surface area (TPSA) is 48.0 Å². The normalized spacial score (nSPS) is 21.7. The molecule has 3 rings (SSSR count). The second-order valence-electron chi connectivity index (χ2n) is 6.92. The van der Waals surface area contributed by atoms with Gasteiger partial charge in [-0.3, -0.25) is 4.90 Å². The molecule has 122 valence electrons. The predicted molar refractivity (Wildman–Crippen MR) is 90.3 cm³/mol. The van der Waals surface area contributed by atoms with Crippen LogP contribution in [0.25, 0.3) is 6.08 Å². The molecule has 1 saturated heterocycles. The average molecular weight is 315 g/mol. The summed E-state index contributed by atoms with van der Waals surface area (Å²) in [5, 5.41) is 0. The lowest BCUT2D eigenvalue weighted by Crippen LogP contribution is -2.41. The lowest BCUT2D eigenvalue weighted by Gasteiger charge is -2.32. The van der Waals surface area contributed by atoms with Crippen molar-refractivity contribution in [3.63, 3.8) is 0 Å². The lowest BCUT2D eigenvalue weighted by atomic mass is 9.75. The van der Waals surface area contributed by atoms with Crippen LogP contribution in [-0.2, 0) is 14.0 Å². The molecule has 0 saturated carbocycles. The van der Waals surface area contributed by atoms with Gasteiger partial charge in [0, 0.05) is 6.54 Å². The van der Waals surface area contributed by atoms with Crippen molar-refractivity contribution in [3.8, 4) is 0 Å². The van der Waals surface area contributed by atoms with Crippen molar-refractivity contribution in [1.29, 1.82) is 0 Å². The molecule has 0 aliphatic carbocycles. The molecule has 0 N–H and O–H groups in total. The molecule has 5 nitrogen and oxygen atoms in total. The monoisotopic (exact) mass is 315 g/mol. The number of carbonyl (C=O) groups is 1. The zero-order valence-electron chi connectivity index (χ0n) is 14.3. The quantitative estimate of drug-likeness (QED) is 0.746. The van der Waals surface area contributed by atoms with Gasteiger partial charge in [0.25, 0.3) is 0 Å². The van der Waals surface area contributed by atoms with E-state index in [1.807, 2.05) is 58.0 Å². The molecule has 0 spiro atoms. The van der Waals surface area contributed by atoms with Crippen molar-refractivity contribution in [2.75, 3.05) is 18.6 Å². The van der Waals surface area contributed by atoms with Crippen molar-refractivity contribution in [2.45, 2.75) is 38.9 Å². The summed E-state index contributed by atoms with van der Waals surface area (Å²) >= 11 is 0. The van der Waals surface area contributed by atoms with E-state index >= 15 is 0 Å². The summed E-state index contributed by atoms with van der Waals surface area (Å²) < 4.78 is 17.1. The number of ether oxygens (including phenoxy) is 1. The molecular weight excluding hydrogens is 293 g/mol. The summed E-state index contributed by atoms with van der Waals surface area (Å²) in [6.45, 7) is 8.45. The van der Waals surface area contributed by atoms with Gasteiger partial charge in [0.15, 0.2) is 0 Å². The average Bonchev–Trinajstić information content (AvgIpc) is 2.73. The highest BCUT2D eigenvalue weighted by Gasteiger charge is 2.53. The SMILES string of the molecule is COC(=O)N1CC(B2OC(C)(C)C(C)(C)O2)=Cc2ccccc21. The van der Waals surface area contributed by atoms with Crippen molar-refractivity contribution >= 4 is 25.0 Å². The standard InChI is InChI=1S/C17H22BNO4/c1-16(2)17(3,4)23-18(22-16)13-10-12-8-6-7-9-14(12)19(11-13)15(20)21-5/h6-10H,11H2,1-5H3. The van der Waals surface area contributed by atoms with Crippen LogP contribution in [0.5, 0.6) is 0 Å². The first-order valence-corrected chi connectivity index (χ1v) is 7.76. The third kappa shape index (κ3) is 2.66. The van der Waals surface area contributed by atoms with Crippen molar-refractivity contribution in [2.24, 2.45) is 0 Å². The number of hydrogen-bond acceptors (Lipinski definition) is 4. The number of methoxy groups -OCH3 is 1. The van der Waals surface area contributed by atoms with Gasteiger partial charge in [-0.2, -0.15) is 0 Å². The molecule has 2 heterocycles. The highest BCUT2D eigenvalue weighted by Crippen LogP contribution is 2.40. The number of carbonyl (C=O) groups excluding carboxylic acids is 1. The van der Waals surface area contributed by atoms with E-state index in [2.05, 4.69) is 0 Å². The highest BCUT2D eigenvalue weighted by atomic mass is 16.7. The Morgan fingerprint density at radius 2 is 1.78 bits per heavy atom. The van der Waals surface area contributed by atoms with E-state index < -0.39 is 18.3 Å². The maximum absolute atomic E-state index is 12.1. The van der Waals surface area contributed by atoms with Crippen LogP contribution in [0.4, 0.5) is 10.5 Å². The first-order chi connectivity index (χ1) is 10.7. The van der Waals surface area contributed by atoms with Gasteiger partial charge in [-0.1, -0.05) is 24.3 Å². The first kappa shape index (κ1) is 16.1. The van der Waals surface area contributed by atoms with E-state index in [4.69, 9.17) is 14.0 Å². The number of rotatable bonds is 1. The molecule has 6 heteroatoms. The number of nitrogens with zero attached hydrogens (tertiary/aromatic N) is 1. The van der Waals surface area contributed by atoms with Gasteiger partial charge in [-0.25, -0.2) is 4.79 Å². The highest BCUT2D eigenvalue weighted by molar-refractivity contribution is 6.56. The van der Waals surface area contributed by atoms with E-state index in [0.29, 0.717) is 6.54 Å². The molecular formula is C17H22BNO4. The van der Waals surface area contributed by atoms with Crippen LogP contribution in [-0.4, -0.2) is 38.1 Å². The van der Waals surface area contributed by atoms with E-state index in [0.717, 1.165) is 16.7 Å². The number of hydrogen-bond donors (Lipinski definition) is 0. The molecule has 23 heavy (non-hydrogen) atoms. The Balaban J connectivity index is 1.96. The molecule has 0 unspecified atom stereocenters. The van der Waals surface area contributed by atoms with Gasteiger partial charge >= 0.3 is 13.2 Å². The summed E-state index contributed by atoms with van der Waals surface area (Å²) in [5.41, 5.74) is 1.87. The molecule has 1 aromatic rings. The Morgan fingerprint density at radius 1 is 1.17 bits per heavy atom. The number of amides is 1. The lowest BCUT2D eigenvalue weighted by molar-refractivity contribution is 0.00578. The van der Waals surface area contributed by atoms with Gasteiger partial charge in [0.05, 0.1) is 24.0 Å². The minimum Gasteiger partial charge on any atom is -0.452 e. The van der Waals surface area contributed by atoms with Crippen molar-refractivity contribution in [3.05, 3.63) is 35.3 Å². The smallest absolute Gasteiger partial charge is 0.452 e. The summed E-state index contributed by atoms with van der Waals surface area (Å²) in [6, 6.07) is 7.72. The fraction of sp³-hybridized carbons (Fsp3) is 0.471. The van der Waals surface area contributed by atoms with Crippen LogP contribution in [0.1, 0.15) is 33.3 Å². The summed E-state index contributed by atoms with van der Waals surface area (Å²) in [6.07, 6.45) is 1.65. The predicted octanol–water partition coefficient (Wildman–Crippen LogP) is 3.29. The van der Waals surface area contributed by atoms with Crippen LogP contribution in [0.15, 0.2) is 29.7 Å². The fourth-order valence-electron chi connectivity index (χ4n) is 2.78. The molecule has 0 atom stereocenters. The number of fused-ring (bicyclic) bond motifs is 1. The number of benzene rings is 1. The molecule has 1 amide bonds.